The molecule has 2 rings (SSSR count). The minimum Gasteiger partial charge on any atom is -0.334 e. The molecule has 86 valence electrons. The molecule has 1 saturated heterocycles. The third-order valence-electron chi connectivity index (χ3n) is 3.19. The first kappa shape index (κ1) is 10.9. The van der Waals surface area contributed by atoms with Crippen LogP contribution in [0.1, 0.15) is 26.2 Å². The van der Waals surface area contributed by atoms with Gasteiger partial charge in [0, 0.05) is 6.07 Å². The van der Waals surface area contributed by atoms with Crippen molar-refractivity contribution in [1.82, 2.24) is 4.90 Å². The Labute approximate surface area is 96.2 Å². The number of likely N-dealkylation sites (tertiary alicyclic amines) is 1. The summed E-state index contributed by atoms with van der Waals surface area (Å²) >= 11 is 0. The topological polar surface area (TPSA) is 57.0 Å². The van der Waals surface area contributed by atoms with Crippen LogP contribution in [-0.2, 0) is 0 Å². The number of piperidine rings is 1. The van der Waals surface area contributed by atoms with Crippen molar-refractivity contribution < 1.29 is 4.57 Å². The molecule has 1 aliphatic rings. The van der Waals surface area contributed by atoms with Crippen molar-refractivity contribution >= 4 is 11.8 Å². The van der Waals surface area contributed by atoms with E-state index in [1.54, 1.807) is 4.57 Å². The molecule has 3 N–H and O–H groups in total. The second kappa shape index (κ2) is 4.51. The first-order chi connectivity index (χ1) is 7.70. The molecule has 0 bridgehead atoms. The van der Waals surface area contributed by atoms with E-state index in [0.29, 0.717) is 17.8 Å². The van der Waals surface area contributed by atoms with Crippen LogP contribution < -0.4 is 10.3 Å². The highest BCUT2D eigenvalue weighted by atomic mass is 15.3. The van der Waals surface area contributed by atoms with E-state index in [1.165, 1.54) is 12.8 Å². The van der Waals surface area contributed by atoms with Gasteiger partial charge in [0.2, 0.25) is 0 Å². The Morgan fingerprint density at radius 3 is 3.00 bits per heavy atom. The summed E-state index contributed by atoms with van der Waals surface area (Å²) in [6.07, 6.45) is 5.44. The van der Waals surface area contributed by atoms with Gasteiger partial charge in [-0.15, -0.1) is 0 Å². The Hall–Kier alpha value is -1.58. The van der Waals surface area contributed by atoms with Crippen LogP contribution >= 0.6 is 0 Å². The highest BCUT2D eigenvalue weighted by Gasteiger charge is 2.27. The van der Waals surface area contributed by atoms with E-state index in [0.717, 1.165) is 13.0 Å². The molecule has 0 spiro atoms. The number of aromatic nitrogens is 1. The van der Waals surface area contributed by atoms with Gasteiger partial charge in [-0.1, -0.05) is 6.07 Å². The van der Waals surface area contributed by atoms with Gasteiger partial charge in [-0.3, -0.25) is 4.90 Å². The Morgan fingerprint density at radius 1 is 1.50 bits per heavy atom. The second-order valence-electron chi connectivity index (χ2n) is 4.36. The maximum atomic E-state index is 8.20. The smallest absolute Gasteiger partial charge is 0.334 e. The van der Waals surface area contributed by atoms with Gasteiger partial charge in [0.15, 0.2) is 5.82 Å². The lowest BCUT2D eigenvalue weighted by atomic mass is 10.0. The summed E-state index contributed by atoms with van der Waals surface area (Å²) < 4.78 is 1.74. The molecule has 1 aromatic rings. The zero-order chi connectivity index (χ0) is 11.5. The van der Waals surface area contributed by atoms with Crippen LogP contribution in [0, 0.1) is 5.41 Å². The number of anilines is 1. The van der Waals surface area contributed by atoms with Crippen molar-refractivity contribution in [3.63, 3.8) is 0 Å². The first-order valence-electron chi connectivity index (χ1n) is 5.82. The standard InChI is InChI=1S/C12H18N4/c1-10-6-2-4-8-15(10)12(14)16-9-5-3-7-11(16)13/h3,5,7,9-10,13-14H,2,4,6,8H2,1H3/p+1. The highest BCUT2D eigenvalue weighted by molar-refractivity contribution is 5.69. The lowest BCUT2D eigenvalue weighted by Crippen LogP contribution is -2.57. The fourth-order valence-electron chi connectivity index (χ4n) is 2.20. The molecule has 1 aromatic heterocycles. The molecule has 2 heterocycles. The average Bonchev–Trinajstić information content (AvgIpc) is 2.29. The van der Waals surface area contributed by atoms with Crippen LogP contribution in [0.15, 0.2) is 24.4 Å². The van der Waals surface area contributed by atoms with Gasteiger partial charge in [-0.25, -0.2) is 0 Å². The number of rotatable bonds is 0. The van der Waals surface area contributed by atoms with E-state index in [2.05, 4.69) is 11.8 Å². The molecule has 4 heteroatoms. The van der Waals surface area contributed by atoms with Crippen LogP contribution in [0.2, 0.25) is 0 Å². The van der Waals surface area contributed by atoms with Crippen molar-refractivity contribution in [2.45, 2.75) is 32.2 Å². The Morgan fingerprint density at radius 2 is 2.31 bits per heavy atom. The predicted molar refractivity (Wildman–Crippen MR) is 64.2 cm³/mol. The molecule has 0 aliphatic carbocycles. The van der Waals surface area contributed by atoms with Gasteiger partial charge in [-0.2, -0.15) is 9.98 Å². The molecule has 16 heavy (non-hydrogen) atoms. The zero-order valence-corrected chi connectivity index (χ0v) is 9.69. The minimum absolute atomic E-state index is 0.438. The van der Waals surface area contributed by atoms with Crippen molar-refractivity contribution in [2.75, 3.05) is 12.3 Å². The number of hydrogen-bond acceptors (Lipinski definition) is 2. The van der Waals surface area contributed by atoms with Crippen molar-refractivity contribution in [3.05, 3.63) is 24.4 Å². The quantitative estimate of drug-likeness (QED) is 0.391. The number of nitrogens with one attached hydrogen (secondary N) is 1. The van der Waals surface area contributed by atoms with E-state index in [9.17, 15) is 0 Å². The van der Waals surface area contributed by atoms with Crippen molar-refractivity contribution in [1.29, 1.82) is 5.41 Å². The lowest BCUT2D eigenvalue weighted by molar-refractivity contribution is -0.551. The molecule has 1 aliphatic heterocycles. The number of hydrogen-bond donors (Lipinski definition) is 2. The lowest BCUT2D eigenvalue weighted by Gasteiger charge is -2.30. The maximum absolute atomic E-state index is 8.20. The number of pyridine rings is 1. The van der Waals surface area contributed by atoms with Gasteiger partial charge in [0.1, 0.15) is 0 Å². The average molecular weight is 219 g/mol. The second-order valence-corrected chi connectivity index (χ2v) is 4.36. The van der Waals surface area contributed by atoms with E-state index < -0.39 is 0 Å². The van der Waals surface area contributed by atoms with Crippen LogP contribution in [0.5, 0.6) is 0 Å². The van der Waals surface area contributed by atoms with Gasteiger partial charge in [0.25, 0.3) is 0 Å². The maximum Gasteiger partial charge on any atom is 0.346 e. The minimum atomic E-state index is 0.438. The van der Waals surface area contributed by atoms with Gasteiger partial charge >= 0.3 is 5.96 Å². The highest BCUT2D eigenvalue weighted by Crippen LogP contribution is 2.15. The molecule has 1 atom stereocenters. The molecular formula is C12H19N4+. The molecule has 1 fully saturated rings. The summed E-state index contributed by atoms with van der Waals surface area (Å²) in [5.41, 5.74) is 5.87. The molecule has 1 unspecified atom stereocenters. The van der Waals surface area contributed by atoms with E-state index >= 15 is 0 Å². The fraction of sp³-hybridized carbons (Fsp3) is 0.500. The fourth-order valence-corrected chi connectivity index (χ4v) is 2.20. The van der Waals surface area contributed by atoms with E-state index in [-0.39, 0.29) is 0 Å². The monoisotopic (exact) mass is 219 g/mol. The SMILES string of the molecule is CC1CCCCN1C(=N)[n+]1ccccc1N. The number of nitrogens with two attached hydrogens (primary N) is 1. The van der Waals surface area contributed by atoms with Gasteiger partial charge in [0.05, 0.1) is 18.8 Å². The third-order valence-corrected chi connectivity index (χ3v) is 3.19. The van der Waals surface area contributed by atoms with Crippen molar-refractivity contribution in [3.8, 4) is 0 Å². The summed E-state index contributed by atoms with van der Waals surface area (Å²) in [6, 6.07) is 6.05. The number of nitrogen functional groups attached to an aromatic ring is 1. The van der Waals surface area contributed by atoms with Crippen LogP contribution in [-0.4, -0.2) is 23.4 Å². The predicted octanol–water partition coefficient (Wildman–Crippen LogP) is 1.21. The summed E-state index contributed by atoms with van der Waals surface area (Å²) in [4.78, 5) is 2.12. The normalized spacial score (nSPS) is 20.8. The summed E-state index contributed by atoms with van der Waals surface area (Å²) in [5.74, 6) is 1.11. The molecule has 0 aromatic carbocycles. The summed E-state index contributed by atoms with van der Waals surface area (Å²) in [5, 5.41) is 8.20. The molecule has 4 nitrogen and oxygen atoms in total. The molecule has 0 radical (unpaired) electrons. The summed E-state index contributed by atoms with van der Waals surface area (Å²) in [6.45, 7) is 3.13. The van der Waals surface area contributed by atoms with E-state index in [1.807, 2.05) is 24.4 Å². The molecular weight excluding hydrogens is 200 g/mol. The van der Waals surface area contributed by atoms with Crippen molar-refractivity contribution in [2.24, 2.45) is 0 Å². The number of nitrogens with zero attached hydrogens (tertiary/aromatic N) is 2. The first-order valence-corrected chi connectivity index (χ1v) is 5.82. The van der Waals surface area contributed by atoms with Crippen LogP contribution in [0.3, 0.4) is 0 Å². The van der Waals surface area contributed by atoms with Gasteiger partial charge < -0.3 is 5.73 Å². The Kier molecular flexibility index (Phi) is 3.08. The molecule has 0 amide bonds. The Bertz CT molecular complexity index is 388. The zero-order valence-electron chi connectivity index (χ0n) is 9.69. The third kappa shape index (κ3) is 2.01. The summed E-state index contributed by atoms with van der Waals surface area (Å²) in [7, 11) is 0. The largest absolute Gasteiger partial charge is 0.346 e. The van der Waals surface area contributed by atoms with E-state index in [4.69, 9.17) is 11.1 Å². The molecule has 0 saturated carbocycles. The van der Waals surface area contributed by atoms with Crippen LogP contribution in [0.25, 0.3) is 0 Å². The van der Waals surface area contributed by atoms with Crippen LogP contribution in [0.4, 0.5) is 5.82 Å². The van der Waals surface area contributed by atoms with Gasteiger partial charge in [-0.05, 0) is 32.3 Å². The Balaban J connectivity index is 2.21.